The van der Waals surface area contributed by atoms with Crippen LogP contribution >= 0.6 is 0 Å². The maximum absolute atomic E-state index is 12.8. The van der Waals surface area contributed by atoms with Gasteiger partial charge >= 0.3 is 6.18 Å². The van der Waals surface area contributed by atoms with Crippen LogP contribution in [0, 0.1) is 11.5 Å². The molecule has 0 amide bonds. The van der Waals surface area contributed by atoms with E-state index in [1.165, 1.54) is 12.1 Å². The molecule has 1 heterocycles. The first-order chi connectivity index (χ1) is 14.5. The molecule has 1 unspecified atom stereocenters. The molecule has 4 nitrogen and oxygen atoms in total. The molecule has 3 rings (SSSR count). The molecule has 0 spiro atoms. The van der Waals surface area contributed by atoms with Crippen LogP contribution in [-0.2, 0) is 12.6 Å². The van der Waals surface area contributed by atoms with E-state index in [0.29, 0.717) is 12.0 Å². The summed E-state index contributed by atoms with van der Waals surface area (Å²) in [7, 11) is -1.53. The third-order valence-corrected chi connectivity index (χ3v) is 5.33. The van der Waals surface area contributed by atoms with Gasteiger partial charge < -0.3 is 9.52 Å². The number of aliphatic hydroxyl groups excluding tert-OH is 1. The molecule has 0 saturated carbocycles. The van der Waals surface area contributed by atoms with E-state index < -0.39 is 25.9 Å². The molecule has 0 aliphatic carbocycles. The molecule has 0 aliphatic rings. The number of rotatable bonds is 5. The van der Waals surface area contributed by atoms with Crippen LogP contribution in [-0.4, -0.2) is 23.4 Å². The summed E-state index contributed by atoms with van der Waals surface area (Å²) in [6.45, 7) is 6.35. The van der Waals surface area contributed by atoms with E-state index in [0.717, 1.165) is 23.3 Å². The minimum atomic E-state index is -4.36. The lowest BCUT2D eigenvalue weighted by Crippen LogP contribution is -2.16. The topological polar surface area (TPSA) is 59.2 Å². The molecule has 1 N–H and O–H groups in total. The van der Waals surface area contributed by atoms with Crippen molar-refractivity contribution in [2.45, 2.75) is 44.8 Å². The SMILES string of the molecule is C[Si](C)(C)C#CCC(O)c1nnc(-c2ccccc2Cc2ccc(C(F)(F)F)cc2)o1. The van der Waals surface area contributed by atoms with Gasteiger partial charge in [0.25, 0.3) is 0 Å². The first kappa shape index (κ1) is 22.8. The van der Waals surface area contributed by atoms with Crippen molar-refractivity contribution in [1.29, 1.82) is 0 Å². The van der Waals surface area contributed by atoms with Crippen LogP contribution in [0.3, 0.4) is 0 Å². The van der Waals surface area contributed by atoms with Gasteiger partial charge in [-0.25, -0.2) is 0 Å². The number of benzene rings is 2. The van der Waals surface area contributed by atoms with Gasteiger partial charge in [0, 0.05) is 12.0 Å². The van der Waals surface area contributed by atoms with Crippen LogP contribution in [0.15, 0.2) is 52.9 Å². The second kappa shape index (κ2) is 9.08. The number of hydrogen-bond acceptors (Lipinski definition) is 4. The van der Waals surface area contributed by atoms with Crippen molar-refractivity contribution in [1.82, 2.24) is 10.2 Å². The maximum Gasteiger partial charge on any atom is 0.416 e. The van der Waals surface area contributed by atoms with Gasteiger partial charge in [-0.2, -0.15) is 13.2 Å². The Bertz CT molecular complexity index is 1090. The van der Waals surface area contributed by atoms with Gasteiger partial charge in [-0.1, -0.05) is 50.0 Å². The number of nitrogens with zero attached hydrogens (tertiary/aromatic N) is 2. The molecule has 0 saturated heterocycles. The molecule has 1 atom stereocenters. The third-order valence-electron chi connectivity index (χ3n) is 4.41. The van der Waals surface area contributed by atoms with Crippen molar-refractivity contribution in [2.24, 2.45) is 0 Å². The summed E-state index contributed by atoms with van der Waals surface area (Å²) in [4.78, 5) is 0. The van der Waals surface area contributed by atoms with Crippen molar-refractivity contribution < 1.29 is 22.7 Å². The summed E-state index contributed by atoms with van der Waals surface area (Å²) in [6, 6.07) is 12.4. The van der Waals surface area contributed by atoms with Crippen molar-refractivity contribution in [2.75, 3.05) is 0 Å². The van der Waals surface area contributed by atoms with Gasteiger partial charge in [-0.05, 0) is 35.7 Å². The Morgan fingerprint density at radius 1 is 1.03 bits per heavy atom. The molecule has 3 aromatic rings. The highest BCUT2D eigenvalue weighted by Gasteiger charge is 2.30. The Hall–Kier alpha value is -2.89. The predicted octanol–water partition coefficient (Wildman–Crippen LogP) is 5.65. The lowest BCUT2D eigenvalue weighted by Gasteiger charge is -2.09. The maximum atomic E-state index is 12.8. The fourth-order valence-electron chi connectivity index (χ4n) is 2.89. The minimum Gasteiger partial charge on any atom is -0.418 e. The molecule has 0 aliphatic heterocycles. The zero-order chi connectivity index (χ0) is 22.6. The lowest BCUT2D eigenvalue weighted by atomic mass is 9.99. The van der Waals surface area contributed by atoms with Gasteiger partial charge in [0.1, 0.15) is 14.2 Å². The molecule has 1 aromatic heterocycles. The van der Waals surface area contributed by atoms with E-state index in [2.05, 4.69) is 41.3 Å². The lowest BCUT2D eigenvalue weighted by molar-refractivity contribution is -0.137. The number of hydrogen-bond donors (Lipinski definition) is 1. The van der Waals surface area contributed by atoms with Gasteiger partial charge in [0.15, 0.2) is 0 Å². The van der Waals surface area contributed by atoms with E-state index in [-0.39, 0.29) is 18.2 Å². The summed E-state index contributed by atoms with van der Waals surface area (Å²) in [5.41, 5.74) is 4.71. The largest absolute Gasteiger partial charge is 0.418 e. The smallest absolute Gasteiger partial charge is 0.416 e. The Balaban J connectivity index is 1.78. The van der Waals surface area contributed by atoms with E-state index in [4.69, 9.17) is 4.42 Å². The molecule has 0 fully saturated rings. The van der Waals surface area contributed by atoms with Crippen LogP contribution in [0.5, 0.6) is 0 Å². The van der Waals surface area contributed by atoms with Crippen molar-refractivity contribution in [3.63, 3.8) is 0 Å². The van der Waals surface area contributed by atoms with Crippen LogP contribution in [0.2, 0.25) is 19.6 Å². The molecule has 2 aromatic carbocycles. The highest BCUT2D eigenvalue weighted by molar-refractivity contribution is 6.83. The van der Waals surface area contributed by atoms with Crippen molar-refractivity contribution >= 4 is 8.07 Å². The number of alkyl halides is 3. The second-order valence-corrected chi connectivity index (χ2v) is 13.0. The average molecular weight is 445 g/mol. The first-order valence-corrected chi connectivity index (χ1v) is 13.3. The number of aliphatic hydroxyl groups is 1. The monoisotopic (exact) mass is 444 g/mol. The highest BCUT2D eigenvalue weighted by Crippen LogP contribution is 2.30. The fraction of sp³-hybridized carbons (Fsp3) is 0.304. The normalized spacial score (nSPS) is 12.9. The zero-order valence-corrected chi connectivity index (χ0v) is 18.5. The van der Waals surface area contributed by atoms with Gasteiger partial charge in [-0.15, -0.1) is 21.7 Å². The summed E-state index contributed by atoms with van der Waals surface area (Å²) in [6.07, 6.45) is -4.74. The van der Waals surface area contributed by atoms with E-state index in [9.17, 15) is 18.3 Å². The Morgan fingerprint density at radius 2 is 1.71 bits per heavy atom. The van der Waals surface area contributed by atoms with Gasteiger partial charge in [0.2, 0.25) is 11.8 Å². The molecule has 0 bridgehead atoms. The molecule has 0 radical (unpaired) electrons. The quantitative estimate of drug-likeness (QED) is 0.408. The van der Waals surface area contributed by atoms with Crippen molar-refractivity contribution in [3.8, 4) is 22.9 Å². The molecule has 8 heteroatoms. The van der Waals surface area contributed by atoms with Gasteiger partial charge in [0.05, 0.1) is 5.56 Å². The summed E-state index contributed by atoms with van der Waals surface area (Å²) in [5, 5.41) is 18.3. The average Bonchev–Trinajstić information content (AvgIpc) is 3.17. The van der Waals surface area contributed by atoms with E-state index in [1.54, 1.807) is 6.07 Å². The molecular weight excluding hydrogens is 421 g/mol. The second-order valence-electron chi connectivity index (χ2n) is 8.25. The standard InChI is InChI=1S/C23H23F3N2O2Si/c1-31(2,3)14-6-9-20(29)22-28-27-21(30-22)19-8-5-4-7-17(19)15-16-10-12-18(13-11-16)23(24,25)26/h4-5,7-8,10-13,20,29H,9,15H2,1-3H3. The Labute approximate surface area is 180 Å². The third kappa shape index (κ3) is 6.29. The van der Waals surface area contributed by atoms with Crippen LogP contribution < -0.4 is 0 Å². The van der Waals surface area contributed by atoms with E-state index in [1.807, 2.05) is 18.2 Å². The van der Waals surface area contributed by atoms with Crippen LogP contribution in [0.25, 0.3) is 11.5 Å². The Kier molecular flexibility index (Phi) is 6.67. The summed E-state index contributed by atoms with van der Waals surface area (Å²) < 4.78 is 44.0. The number of halogens is 3. The first-order valence-electron chi connectivity index (χ1n) is 9.79. The van der Waals surface area contributed by atoms with Gasteiger partial charge in [-0.3, -0.25) is 0 Å². The van der Waals surface area contributed by atoms with Crippen LogP contribution in [0.1, 0.15) is 35.1 Å². The number of aromatic nitrogens is 2. The highest BCUT2D eigenvalue weighted by atomic mass is 28.3. The predicted molar refractivity (Wildman–Crippen MR) is 115 cm³/mol. The van der Waals surface area contributed by atoms with Crippen LogP contribution in [0.4, 0.5) is 13.2 Å². The zero-order valence-electron chi connectivity index (χ0n) is 17.5. The van der Waals surface area contributed by atoms with Crippen molar-refractivity contribution in [3.05, 3.63) is 71.1 Å². The molecular formula is C23H23F3N2O2Si. The fourth-order valence-corrected chi connectivity index (χ4v) is 3.53. The molecule has 162 valence electrons. The van der Waals surface area contributed by atoms with E-state index >= 15 is 0 Å². The summed E-state index contributed by atoms with van der Waals surface area (Å²) >= 11 is 0. The minimum absolute atomic E-state index is 0.0872. The molecule has 31 heavy (non-hydrogen) atoms. The Morgan fingerprint density at radius 3 is 2.35 bits per heavy atom. The summed E-state index contributed by atoms with van der Waals surface area (Å²) in [5.74, 6) is 3.32.